The quantitative estimate of drug-likeness (QED) is 0.888. The number of amides is 1. The van der Waals surface area contributed by atoms with Crippen molar-refractivity contribution in [1.82, 2.24) is 4.90 Å². The van der Waals surface area contributed by atoms with E-state index < -0.39 is 12.0 Å². The number of benzene rings is 1. The number of hydrogen-bond donors (Lipinski definition) is 1. The van der Waals surface area contributed by atoms with E-state index in [4.69, 9.17) is 4.74 Å². The molecule has 1 amide bonds. The normalized spacial score (nSPS) is 26.8. The standard InChI is InChI=1S/C20H27NO4/c1-13(15-8-4-6-10-18(15)25-2)11-19(22)21-16-9-5-3-7-14(16)12-17(21)20(23)24/h4,6,8,10,13-14,16-17H,3,5,7,9,11-12H2,1-2H3,(H,23,24). The molecule has 3 rings (SSSR count). The number of nitrogens with zero attached hydrogens (tertiary/aromatic N) is 1. The first kappa shape index (κ1) is 17.8. The van der Waals surface area contributed by atoms with Crippen molar-refractivity contribution < 1.29 is 19.4 Å². The molecule has 0 aromatic heterocycles. The molecule has 4 atom stereocenters. The highest BCUT2D eigenvalue weighted by molar-refractivity contribution is 5.85. The second kappa shape index (κ2) is 7.46. The number of ether oxygens (including phenoxy) is 1. The summed E-state index contributed by atoms with van der Waals surface area (Å²) in [6.07, 6.45) is 5.12. The van der Waals surface area contributed by atoms with Crippen molar-refractivity contribution in [2.45, 2.75) is 63.5 Å². The fourth-order valence-electron chi connectivity index (χ4n) is 4.59. The molecule has 2 aliphatic rings. The number of carbonyl (C=O) groups is 2. The summed E-state index contributed by atoms with van der Waals surface area (Å²) < 4.78 is 5.40. The molecule has 25 heavy (non-hydrogen) atoms. The molecule has 1 aromatic rings. The van der Waals surface area contributed by atoms with Gasteiger partial charge in [-0.3, -0.25) is 4.79 Å². The highest BCUT2D eigenvalue weighted by Crippen LogP contribution is 2.41. The Bertz CT molecular complexity index is 644. The molecule has 1 heterocycles. The van der Waals surface area contributed by atoms with Crippen LogP contribution >= 0.6 is 0 Å². The molecule has 1 N–H and O–H groups in total. The first-order chi connectivity index (χ1) is 12.0. The molecule has 2 fully saturated rings. The molecule has 1 saturated heterocycles. The third kappa shape index (κ3) is 3.51. The van der Waals surface area contributed by atoms with Gasteiger partial charge in [-0.2, -0.15) is 0 Å². The Morgan fingerprint density at radius 3 is 2.72 bits per heavy atom. The number of methoxy groups -OCH3 is 1. The van der Waals surface area contributed by atoms with Crippen LogP contribution in [0.1, 0.15) is 56.9 Å². The van der Waals surface area contributed by atoms with Crippen LogP contribution in [0.15, 0.2) is 24.3 Å². The van der Waals surface area contributed by atoms with Crippen LogP contribution in [0.5, 0.6) is 5.75 Å². The van der Waals surface area contributed by atoms with Crippen molar-refractivity contribution in [1.29, 1.82) is 0 Å². The number of fused-ring (bicyclic) bond motifs is 1. The van der Waals surface area contributed by atoms with Crippen LogP contribution in [0.4, 0.5) is 0 Å². The van der Waals surface area contributed by atoms with E-state index in [-0.39, 0.29) is 17.9 Å². The van der Waals surface area contributed by atoms with Crippen LogP contribution < -0.4 is 4.74 Å². The maximum atomic E-state index is 13.0. The summed E-state index contributed by atoms with van der Waals surface area (Å²) in [7, 11) is 1.63. The van der Waals surface area contributed by atoms with E-state index in [1.165, 1.54) is 0 Å². The summed E-state index contributed by atoms with van der Waals surface area (Å²) in [4.78, 5) is 26.4. The Kier molecular flexibility index (Phi) is 5.30. The molecule has 1 saturated carbocycles. The highest BCUT2D eigenvalue weighted by Gasteiger charge is 2.47. The zero-order chi connectivity index (χ0) is 18.0. The molecule has 0 bridgehead atoms. The Balaban J connectivity index is 1.77. The van der Waals surface area contributed by atoms with Crippen LogP contribution in [-0.2, 0) is 9.59 Å². The molecule has 136 valence electrons. The van der Waals surface area contributed by atoms with E-state index >= 15 is 0 Å². The molecule has 4 unspecified atom stereocenters. The summed E-state index contributed by atoms with van der Waals surface area (Å²) in [5, 5.41) is 9.60. The lowest BCUT2D eigenvalue weighted by Crippen LogP contribution is -2.46. The van der Waals surface area contributed by atoms with Crippen molar-refractivity contribution in [2.75, 3.05) is 7.11 Å². The minimum Gasteiger partial charge on any atom is -0.496 e. The number of carboxylic acids is 1. The zero-order valence-electron chi connectivity index (χ0n) is 15.0. The molecule has 1 aromatic carbocycles. The van der Waals surface area contributed by atoms with Gasteiger partial charge in [0.1, 0.15) is 11.8 Å². The van der Waals surface area contributed by atoms with E-state index in [0.717, 1.165) is 37.0 Å². The Morgan fingerprint density at radius 2 is 2.00 bits per heavy atom. The number of aliphatic carboxylic acids is 1. The first-order valence-corrected chi connectivity index (χ1v) is 9.19. The highest BCUT2D eigenvalue weighted by atomic mass is 16.5. The third-order valence-electron chi connectivity index (χ3n) is 5.81. The summed E-state index contributed by atoms with van der Waals surface area (Å²) in [5.74, 6) is 0.198. The van der Waals surface area contributed by atoms with Crippen molar-refractivity contribution in [3.8, 4) is 5.75 Å². The molecule has 0 spiro atoms. The maximum Gasteiger partial charge on any atom is 0.326 e. The Labute approximate surface area is 149 Å². The van der Waals surface area contributed by atoms with Gasteiger partial charge >= 0.3 is 5.97 Å². The van der Waals surface area contributed by atoms with Crippen molar-refractivity contribution >= 4 is 11.9 Å². The summed E-state index contributed by atoms with van der Waals surface area (Å²) in [6, 6.07) is 7.15. The predicted octanol–water partition coefficient (Wildman–Crippen LogP) is 3.43. The lowest BCUT2D eigenvalue weighted by atomic mass is 9.84. The number of rotatable bonds is 5. The molecule has 1 aliphatic carbocycles. The van der Waals surface area contributed by atoms with Crippen LogP contribution in [0.2, 0.25) is 0 Å². The molecule has 5 nitrogen and oxygen atoms in total. The smallest absolute Gasteiger partial charge is 0.326 e. The van der Waals surface area contributed by atoms with Crippen molar-refractivity contribution in [3.63, 3.8) is 0 Å². The largest absolute Gasteiger partial charge is 0.496 e. The molecule has 1 aliphatic heterocycles. The number of hydrogen-bond acceptors (Lipinski definition) is 3. The van der Waals surface area contributed by atoms with Crippen molar-refractivity contribution in [2.24, 2.45) is 5.92 Å². The Morgan fingerprint density at radius 1 is 1.28 bits per heavy atom. The van der Waals surface area contributed by atoms with Gasteiger partial charge in [-0.25, -0.2) is 4.79 Å². The van der Waals surface area contributed by atoms with Crippen LogP contribution in [0.3, 0.4) is 0 Å². The van der Waals surface area contributed by atoms with E-state index in [1.807, 2.05) is 31.2 Å². The van der Waals surface area contributed by atoms with Crippen LogP contribution in [-0.4, -0.2) is 41.1 Å². The SMILES string of the molecule is COc1ccccc1C(C)CC(=O)N1C(C(=O)O)CC2CCCCC21. The first-order valence-electron chi connectivity index (χ1n) is 9.19. The lowest BCUT2D eigenvalue weighted by Gasteiger charge is -2.33. The number of likely N-dealkylation sites (tertiary alicyclic amines) is 1. The van der Waals surface area contributed by atoms with Gasteiger partial charge < -0.3 is 14.7 Å². The second-order valence-corrected chi connectivity index (χ2v) is 7.35. The number of para-hydroxylation sites is 1. The fourth-order valence-corrected chi connectivity index (χ4v) is 4.59. The zero-order valence-corrected chi connectivity index (χ0v) is 15.0. The third-order valence-corrected chi connectivity index (χ3v) is 5.81. The van der Waals surface area contributed by atoms with Gasteiger partial charge in [-0.05, 0) is 42.7 Å². The second-order valence-electron chi connectivity index (χ2n) is 7.35. The minimum atomic E-state index is -0.868. The molecule has 5 heteroatoms. The minimum absolute atomic E-state index is 0.0132. The van der Waals surface area contributed by atoms with Crippen molar-refractivity contribution in [3.05, 3.63) is 29.8 Å². The number of carboxylic acid groups (broad SMARTS) is 1. The maximum absolute atomic E-state index is 13.0. The molecular formula is C20H27NO4. The van der Waals surface area contributed by atoms with Gasteiger partial charge in [0.2, 0.25) is 5.91 Å². The molecular weight excluding hydrogens is 318 g/mol. The fraction of sp³-hybridized carbons (Fsp3) is 0.600. The summed E-state index contributed by atoms with van der Waals surface area (Å²) in [5.41, 5.74) is 0.990. The molecule has 0 radical (unpaired) electrons. The van der Waals surface area contributed by atoms with E-state index in [9.17, 15) is 14.7 Å². The van der Waals surface area contributed by atoms with E-state index in [0.29, 0.717) is 18.8 Å². The number of carbonyl (C=O) groups excluding carboxylic acids is 1. The lowest BCUT2D eigenvalue weighted by molar-refractivity contribution is -0.150. The average Bonchev–Trinajstić information content (AvgIpc) is 3.01. The monoisotopic (exact) mass is 345 g/mol. The van der Waals surface area contributed by atoms with E-state index in [2.05, 4.69) is 0 Å². The van der Waals surface area contributed by atoms with Gasteiger partial charge in [-0.15, -0.1) is 0 Å². The van der Waals surface area contributed by atoms with Gasteiger partial charge in [0.05, 0.1) is 7.11 Å². The average molecular weight is 345 g/mol. The van der Waals surface area contributed by atoms with Gasteiger partial charge in [0, 0.05) is 12.5 Å². The topological polar surface area (TPSA) is 66.8 Å². The van der Waals surface area contributed by atoms with Gasteiger partial charge in [0.25, 0.3) is 0 Å². The van der Waals surface area contributed by atoms with Gasteiger partial charge in [-0.1, -0.05) is 38.0 Å². The van der Waals surface area contributed by atoms with Crippen LogP contribution in [0, 0.1) is 5.92 Å². The summed E-state index contributed by atoms with van der Waals surface area (Å²) in [6.45, 7) is 2.00. The van der Waals surface area contributed by atoms with E-state index in [1.54, 1.807) is 12.0 Å². The Hall–Kier alpha value is -2.04. The van der Waals surface area contributed by atoms with Crippen LogP contribution in [0.25, 0.3) is 0 Å². The predicted molar refractivity (Wildman–Crippen MR) is 94.7 cm³/mol. The van der Waals surface area contributed by atoms with Gasteiger partial charge in [0.15, 0.2) is 0 Å². The summed E-state index contributed by atoms with van der Waals surface area (Å²) >= 11 is 0.